The minimum Gasteiger partial charge on any atom is -0.367 e. The number of pyridine rings is 1. The topological polar surface area (TPSA) is 104 Å². The third-order valence-corrected chi connectivity index (χ3v) is 6.37. The lowest BCUT2D eigenvalue weighted by Gasteiger charge is -2.28. The van der Waals surface area contributed by atoms with E-state index in [1.807, 2.05) is 0 Å². The first-order valence-electron chi connectivity index (χ1n) is 11.6. The molecule has 0 saturated heterocycles. The molecule has 2 amide bonds. The summed E-state index contributed by atoms with van der Waals surface area (Å²) in [7, 11) is 4.83. The normalized spacial score (nSPS) is 17.6. The number of benzene rings is 1. The number of likely N-dealkylation sites (N-methyl/N-ethyl adjacent to an activating group) is 1. The zero-order valence-corrected chi connectivity index (χ0v) is 20.2. The Bertz CT molecular complexity index is 1260. The van der Waals surface area contributed by atoms with Gasteiger partial charge < -0.3 is 25.4 Å². The van der Waals surface area contributed by atoms with Crippen molar-refractivity contribution in [1.29, 1.82) is 0 Å². The predicted octanol–water partition coefficient (Wildman–Crippen LogP) is 3.40. The summed E-state index contributed by atoms with van der Waals surface area (Å²) >= 11 is 0. The van der Waals surface area contributed by atoms with Crippen molar-refractivity contribution in [3.8, 4) is 0 Å². The molecular weight excluding hydrogens is 475 g/mol. The number of hydrogen-bond acceptors (Lipinski definition) is 6. The average molecular weight is 504 g/mol. The highest BCUT2D eigenvalue weighted by Gasteiger charge is 2.26. The number of anilines is 3. The van der Waals surface area contributed by atoms with Crippen LogP contribution in [0.3, 0.4) is 0 Å². The maximum Gasteiger partial charge on any atom is 0.242 e. The minimum atomic E-state index is -1.13. The Balaban J connectivity index is 1.63. The molecule has 3 aromatic rings. The highest BCUT2D eigenvalue weighted by atomic mass is 19.1. The molecular formula is C24H28F3N7O2. The quantitative estimate of drug-likeness (QED) is 0.457. The summed E-state index contributed by atoms with van der Waals surface area (Å²) in [6.07, 6.45) is 4.63. The van der Waals surface area contributed by atoms with Gasteiger partial charge in [-0.2, -0.15) is 0 Å². The number of rotatable bonds is 7. The maximum absolute atomic E-state index is 14.3. The molecule has 1 aromatic carbocycles. The molecule has 0 aliphatic heterocycles. The largest absolute Gasteiger partial charge is 0.367 e. The molecule has 36 heavy (non-hydrogen) atoms. The van der Waals surface area contributed by atoms with Crippen molar-refractivity contribution < 1.29 is 22.8 Å². The number of aromatic nitrogens is 3. The van der Waals surface area contributed by atoms with Crippen LogP contribution in [0.5, 0.6) is 0 Å². The van der Waals surface area contributed by atoms with Crippen molar-refractivity contribution in [3.05, 3.63) is 41.8 Å². The molecule has 1 saturated carbocycles. The fourth-order valence-electron chi connectivity index (χ4n) is 4.33. The van der Waals surface area contributed by atoms with E-state index < -0.39 is 23.1 Å². The van der Waals surface area contributed by atoms with Crippen molar-refractivity contribution in [2.45, 2.75) is 38.3 Å². The van der Waals surface area contributed by atoms with Gasteiger partial charge in [0.15, 0.2) is 11.6 Å². The van der Waals surface area contributed by atoms with E-state index in [2.05, 4.69) is 25.9 Å². The van der Waals surface area contributed by atoms with Crippen LogP contribution in [0.2, 0.25) is 0 Å². The van der Waals surface area contributed by atoms with E-state index in [4.69, 9.17) is 0 Å². The Morgan fingerprint density at radius 3 is 2.36 bits per heavy atom. The van der Waals surface area contributed by atoms with Crippen molar-refractivity contribution >= 4 is 40.3 Å². The van der Waals surface area contributed by atoms with E-state index in [9.17, 15) is 22.8 Å². The third kappa shape index (κ3) is 5.37. The second-order valence-electron chi connectivity index (χ2n) is 9.04. The first-order valence-corrected chi connectivity index (χ1v) is 11.6. The molecule has 0 atom stereocenters. The van der Waals surface area contributed by atoms with Crippen LogP contribution < -0.4 is 16.0 Å². The first kappa shape index (κ1) is 25.3. The van der Waals surface area contributed by atoms with Gasteiger partial charge in [0.05, 0.1) is 11.7 Å². The standard InChI is InChI=1S/C24H28F3N7O2/c1-28-23(36)13-4-6-15(7-5-13)30-20-10-19-18(11-29-20)31-24(34(19)12-21(35)33(2)3)32-22-16(26)8-14(25)9-17(22)27/h8-11,13,15H,4-7,12H2,1-3H3,(H,28,36)(H,29,30)(H,31,32). The number of fused-ring (bicyclic) bond motifs is 1. The summed E-state index contributed by atoms with van der Waals surface area (Å²) in [4.78, 5) is 34.6. The summed E-state index contributed by atoms with van der Waals surface area (Å²) in [6.45, 7) is -0.156. The lowest BCUT2D eigenvalue weighted by Crippen LogP contribution is -2.34. The number of imidazole rings is 1. The molecule has 4 rings (SSSR count). The van der Waals surface area contributed by atoms with Crippen LogP contribution in [0.15, 0.2) is 24.4 Å². The molecule has 1 aliphatic carbocycles. The van der Waals surface area contributed by atoms with Gasteiger partial charge in [0.2, 0.25) is 17.8 Å². The molecule has 2 heterocycles. The van der Waals surface area contributed by atoms with Crippen LogP contribution in [0.25, 0.3) is 11.0 Å². The molecule has 0 radical (unpaired) electrons. The third-order valence-electron chi connectivity index (χ3n) is 6.37. The number of hydrogen-bond donors (Lipinski definition) is 3. The highest BCUT2D eigenvalue weighted by Crippen LogP contribution is 2.30. The number of carbonyl (C=O) groups is 2. The van der Waals surface area contributed by atoms with E-state index in [1.165, 1.54) is 15.7 Å². The molecule has 2 aromatic heterocycles. The van der Waals surface area contributed by atoms with Crippen molar-refractivity contribution in [2.24, 2.45) is 5.92 Å². The van der Waals surface area contributed by atoms with Crippen molar-refractivity contribution in [1.82, 2.24) is 24.8 Å². The zero-order chi connectivity index (χ0) is 26.0. The van der Waals surface area contributed by atoms with Gasteiger partial charge in [-0.1, -0.05) is 0 Å². The number of nitrogens with one attached hydrogen (secondary N) is 3. The lowest BCUT2D eigenvalue weighted by molar-refractivity contribution is -0.129. The van der Waals surface area contributed by atoms with Gasteiger partial charge in [-0.15, -0.1) is 0 Å². The first-order chi connectivity index (χ1) is 17.2. The van der Waals surface area contributed by atoms with Gasteiger partial charge >= 0.3 is 0 Å². The van der Waals surface area contributed by atoms with E-state index >= 15 is 0 Å². The van der Waals surface area contributed by atoms with Crippen LogP contribution in [0.1, 0.15) is 25.7 Å². The number of carbonyl (C=O) groups excluding carboxylic acids is 2. The van der Waals surface area contributed by atoms with Gasteiger partial charge in [-0.05, 0) is 25.7 Å². The summed E-state index contributed by atoms with van der Waals surface area (Å²) in [5, 5.41) is 8.64. The molecule has 1 fully saturated rings. The fraction of sp³-hybridized carbons (Fsp3) is 0.417. The summed E-state index contributed by atoms with van der Waals surface area (Å²) in [5.74, 6) is -2.95. The molecule has 0 unspecified atom stereocenters. The Morgan fingerprint density at radius 1 is 1.08 bits per heavy atom. The van der Waals surface area contributed by atoms with E-state index in [-0.39, 0.29) is 36.3 Å². The summed E-state index contributed by atoms with van der Waals surface area (Å²) in [6, 6.07) is 2.96. The Labute approximate surface area is 206 Å². The molecule has 1 aliphatic rings. The van der Waals surface area contributed by atoms with Crippen LogP contribution >= 0.6 is 0 Å². The van der Waals surface area contributed by atoms with Gasteiger partial charge in [-0.25, -0.2) is 23.1 Å². The molecule has 0 bridgehead atoms. The van der Waals surface area contributed by atoms with Crippen LogP contribution in [-0.2, 0) is 16.1 Å². The summed E-state index contributed by atoms with van der Waals surface area (Å²) < 4.78 is 43.4. The van der Waals surface area contributed by atoms with Crippen molar-refractivity contribution in [3.63, 3.8) is 0 Å². The van der Waals surface area contributed by atoms with Gasteiger partial charge in [-0.3, -0.25) is 9.59 Å². The smallest absolute Gasteiger partial charge is 0.242 e. The summed E-state index contributed by atoms with van der Waals surface area (Å²) in [5.41, 5.74) is 0.345. The van der Waals surface area contributed by atoms with Gasteiger partial charge in [0.1, 0.15) is 29.4 Å². The molecule has 3 N–H and O–H groups in total. The Morgan fingerprint density at radius 2 is 1.75 bits per heavy atom. The number of nitrogens with zero attached hydrogens (tertiary/aromatic N) is 4. The maximum atomic E-state index is 14.3. The van der Waals surface area contributed by atoms with Crippen LogP contribution in [0.4, 0.5) is 30.6 Å². The van der Waals surface area contributed by atoms with Crippen LogP contribution in [0, 0.1) is 23.4 Å². The minimum absolute atomic E-state index is 0.00264. The predicted molar refractivity (Wildman–Crippen MR) is 129 cm³/mol. The Kier molecular flexibility index (Phi) is 7.32. The van der Waals surface area contributed by atoms with Gasteiger partial charge in [0, 0.05) is 51.3 Å². The molecule has 9 nitrogen and oxygen atoms in total. The van der Waals surface area contributed by atoms with E-state index in [0.29, 0.717) is 29.0 Å². The molecule has 192 valence electrons. The molecule has 12 heteroatoms. The fourth-order valence-corrected chi connectivity index (χ4v) is 4.33. The lowest BCUT2D eigenvalue weighted by atomic mass is 9.85. The average Bonchev–Trinajstić information content (AvgIpc) is 3.17. The van der Waals surface area contributed by atoms with E-state index in [1.54, 1.807) is 27.2 Å². The SMILES string of the molecule is CNC(=O)C1CCC(Nc2cc3c(cn2)nc(Nc2c(F)cc(F)cc2F)n3CC(=O)N(C)C)CC1. The zero-order valence-electron chi connectivity index (χ0n) is 20.2. The number of halogens is 3. The molecule has 0 spiro atoms. The number of amides is 2. The van der Waals surface area contributed by atoms with Crippen LogP contribution in [-0.4, -0.2) is 58.4 Å². The van der Waals surface area contributed by atoms with Gasteiger partial charge in [0.25, 0.3) is 0 Å². The van der Waals surface area contributed by atoms with E-state index in [0.717, 1.165) is 25.7 Å². The second-order valence-corrected chi connectivity index (χ2v) is 9.04. The monoisotopic (exact) mass is 503 g/mol. The Hall–Kier alpha value is -3.83. The second kappa shape index (κ2) is 10.4. The van der Waals surface area contributed by atoms with Crippen molar-refractivity contribution in [2.75, 3.05) is 31.8 Å². The highest BCUT2D eigenvalue weighted by molar-refractivity contribution is 5.85.